The predicted molar refractivity (Wildman–Crippen MR) is 84.5 cm³/mol. The molecule has 0 amide bonds. The van der Waals surface area contributed by atoms with E-state index in [-0.39, 0.29) is 0 Å². The minimum absolute atomic E-state index is 0.565. The van der Waals surface area contributed by atoms with E-state index in [0.29, 0.717) is 5.88 Å². The third-order valence-corrected chi connectivity index (χ3v) is 4.29. The Hall–Kier alpha value is -1.06. The van der Waals surface area contributed by atoms with Gasteiger partial charge in [-0.25, -0.2) is 4.98 Å². The van der Waals surface area contributed by atoms with Crippen LogP contribution in [0.15, 0.2) is 41.0 Å². The number of pyridine rings is 1. The van der Waals surface area contributed by atoms with Crippen molar-refractivity contribution in [2.45, 2.75) is 25.7 Å². The van der Waals surface area contributed by atoms with Gasteiger partial charge in [-0.05, 0) is 58.5 Å². The Kier molecular flexibility index (Phi) is 4.27. The normalized spacial score (nSPS) is 14.3. The Bertz CT molecular complexity index is 596. The molecule has 0 saturated heterocycles. The first-order chi connectivity index (χ1) is 9.70. The molecular weight excluding hydrogens is 338 g/mol. The van der Waals surface area contributed by atoms with E-state index in [2.05, 4.69) is 27.0 Å². The predicted octanol–water partition coefficient (Wildman–Crippen LogP) is 5.63. The van der Waals surface area contributed by atoms with Crippen molar-refractivity contribution in [2.75, 3.05) is 0 Å². The van der Waals surface area contributed by atoms with Crippen molar-refractivity contribution in [3.05, 3.63) is 51.6 Å². The molecule has 0 unspecified atom stereocenters. The van der Waals surface area contributed by atoms with Crippen LogP contribution in [0.3, 0.4) is 0 Å². The van der Waals surface area contributed by atoms with Crippen molar-refractivity contribution in [2.24, 2.45) is 5.92 Å². The van der Waals surface area contributed by atoms with Crippen molar-refractivity contribution in [1.82, 2.24) is 4.98 Å². The van der Waals surface area contributed by atoms with Crippen LogP contribution in [0.1, 0.15) is 24.8 Å². The third-order valence-electron chi connectivity index (χ3n) is 3.47. The summed E-state index contributed by atoms with van der Waals surface area (Å²) in [7, 11) is 0. The van der Waals surface area contributed by atoms with Gasteiger partial charge in [-0.15, -0.1) is 0 Å². The van der Waals surface area contributed by atoms with Crippen molar-refractivity contribution < 1.29 is 4.74 Å². The van der Waals surface area contributed by atoms with Crippen LogP contribution in [0.4, 0.5) is 0 Å². The molecule has 1 fully saturated rings. The lowest BCUT2D eigenvalue weighted by molar-refractivity contribution is 0.462. The van der Waals surface area contributed by atoms with Gasteiger partial charge in [0.15, 0.2) is 0 Å². The molecule has 0 bridgehead atoms. The molecular formula is C16H15BrClNO. The van der Waals surface area contributed by atoms with Crippen LogP contribution in [-0.2, 0) is 6.42 Å². The number of nitrogens with zero attached hydrogens (tertiary/aromatic N) is 1. The number of hydrogen-bond acceptors (Lipinski definition) is 2. The summed E-state index contributed by atoms with van der Waals surface area (Å²) in [5.74, 6) is 2.21. The zero-order valence-corrected chi connectivity index (χ0v) is 13.3. The highest BCUT2D eigenvalue weighted by atomic mass is 79.9. The highest BCUT2D eigenvalue weighted by Crippen LogP contribution is 2.35. The van der Waals surface area contributed by atoms with E-state index >= 15 is 0 Å². The highest BCUT2D eigenvalue weighted by Gasteiger charge is 2.21. The number of aryl methyl sites for hydroxylation is 1. The van der Waals surface area contributed by atoms with Gasteiger partial charge in [0.05, 0.1) is 0 Å². The van der Waals surface area contributed by atoms with Gasteiger partial charge in [0.2, 0.25) is 5.88 Å². The fraction of sp³-hybridized carbons (Fsp3) is 0.312. The maximum absolute atomic E-state index is 6.32. The summed E-state index contributed by atoms with van der Waals surface area (Å²) < 4.78 is 6.62. The Morgan fingerprint density at radius 1 is 1.25 bits per heavy atom. The molecule has 2 aromatic rings. The molecule has 1 aliphatic rings. The number of benzene rings is 1. The van der Waals surface area contributed by atoms with Gasteiger partial charge in [0, 0.05) is 21.8 Å². The molecule has 1 aliphatic carbocycles. The number of hydrogen-bond donors (Lipinski definition) is 0. The lowest BCUT2D eigenvalue weighted by Crippen LogP contribution is -1.91. The van der Waals surface area contributed by atoms with E-state index in [1.165, 1.54) is 24.8 Å². The maximum atomic E-state index is 6.32. The van der Waals surface area contributed by atoms with Crippen LogP contribution < -0.4 is 4.74 Å². The molecule has 1 aromatic carbocycles. The second kappa shape index (κ2) is 6.15. The average Bonchev–Trinajstić information content (AvgIpc) is 3.25. The average molecular weight is 353 g/mol. The van der Waals surface area contributed by atoms with Crippen molar-refractivity contribution in [3.63, 3.8) is 0 Å². The van der Waals surface area contributed by atoms with Gasteiger partial charge >= 0.3 is 0 Å². The molecule has 4 heteroatoms. The molecule has 104 valence electrons. The number of halogens is 2. The zero-order chi connectivity index (χ0) is 13.9. The molecule has 1 saturated carbocycles. The molecule has 20 heavy (non-hydrogen) atoms. The minimum atomic E-state index is 0.565. The summed E-state index contributed by atoms with van der Waals surface area (Å²) >= 11 is 9.66. The maximum Gasteiger partial charge on any atom is 0.219 e. The van der Waals surface area contributed by atoms with E-state index in [1.807, 2.05) is 24.3 Å². The summed E-state index contributed by atoms with van der Waals surface area (Å²) in [6.45, 7) is 0. The van der Waals surface area contributed by atoms with Gasteiger partial charge < -0.3 is 4.74 Å². The van der Waals surface area contributed by atoms with E-state index in [1.54, 1.807) is 6.20 Å². The van der Waals surface area contributed by atoms with Gasteiger partial charge in [0.1, 0.15) is 5.75 Å². The molecule has 0 atom stereocenters. The third kappa shape index (κ3) is 3.74. The van der Waals surface area contributed by atoms with E-state index in [9.17, 15) is 0 Å². The fourth-order valence-corrected chi connectivity index (χ4v) is 2.60. The lowest BCUT2D eigenvalue weighted by atomic mass is 10.1. The summed E-state index contributed by atoms with van der Waals surface area (Å²) in [4.78, 5) is 4.18. The Morgan fingerprint density at radius 3 is 2.75 bits per heavy atom. The van der Waals surface area contributed by atoms with Crippen LogP contribution >= 0.6 is 27.5 Å². The summed E-state index contributed by atoms with van der Waals surface area (Å²) in [5, 5.41) is 0.778. The largest absolute Gasteiger partial charge is 0.439 e. The second-order valence-electron chi connectivity index (χ2n) is 5.15. The number of aromatic nitrogens is 1. The van der Waals surface area contributed by atoms with Crippen LogP contribution in [0.2, 0.25) is 5.02 Å². The van der Waals surface area contributed by atoms with Crippen molar-refractivity contribution in [1.29, 1.82) is 0 Å². The SMILES string of the molecule is Clc1cc(Oc2ccc(Br)cn2)ccc1CCC1CC1. The van der Waals surface area contributed by atoms with Crippen LogP contribution in [0.25, 0.3) is 0 Å². The smallest absolute Gasteiger partial charge is 0.219 e. The Morgan fingerprint density at radius 2 is 2.10 bits per heavy atom. The Balaban J connectivity index is 1.67. The van der Waals surface area contributed by atoms with E-state index < -0.39 is 0 Å². The highest BCUT2D eigenvalue weighted by molar-refractivity contribution is 9.10. The quantitative estimate of drug-likeness (QED) is 0.695. The molecule has 1 aromatic heterocycles. The first-order valence-corrected chi connectivity index (χ1v) is 7.95. The van der Waals surface area contributed by atoms with Gasteiger partial charge in [-0.3, -0.25) is 0 Å². The van der Waals surface area contributed by atoms with E-state index in [0.717, 1.165) is 27.6 Å². The first-order valence-electron chi connectivity index (χ1n) is 6.78. The van der Waals surface area contributed by atoms with E-state index in [4.69, 9.17) is 16.3 Å². The Labute approximate surface area is 132 Å². The molecule has 0 aliphatic heterocycles. The molecule has 3 rings (SSSR count). The fourth-order valence-electron chi connectivity index (χ4n) is 2.10. The second-order valence-corrected chi connectivity index (χ2v) is 6.47. The summed E-state index contributed by atoms with van der Waals surface area (Å²) in [6.07, 6.45) is 6.78. The number of rotatable bonds is 5. The van der Waals surface area contributed by atoms with Crippen LogP contribution in [0, 0.1) is 5.92 Å². The van der Waals surface area contributed by atoms with Gasteiger partial charge in [0.25, 0.3) is 0 Å². The van der Waals surface area contributed by atoms with Gasteiger partial charge in [-0.2, -0.15) is 0 Å². The van der Waals surface area contributed by atoms with Gasteiger partial charge in [-0.1, -0.05) is 30.5 Å². The molecule has 2 nitrogen and oxygen atoms in total. The number of ether oxygens (including phenoxy) is 1. The molecule has 0 radical (unpaired) electrons. The first kappa shape index (κ1) is 13.9. The lowest BCUT2D eigenvalue weighted by Gasteiger charge is -2.08. The standard InChI is InChI=1S/C16H15BrClNO/c17-13-6-8-16(19-10-13)20-14-7-5-12(15(18)9-14)4-3-11-1-2-11/h5-11H,1-4H2. The zero-order valence-electron chi connectivity index (χ0n) is 11.0. The molecule has 1 heterocycles. The molecule has 0 N–H and O–H groups in total. The van der Waals surface area contributed by atoms with Crippen molar-refractivity contribution in [3.8, 4) is 11.6 Å². The molecule has 0 spiro atoms. The minimum Gasteiger partial charge on any atom is -0.439 e. The van der Waals surface area contributed by atoms with Crippen LogP contribution in [-0.4, -0.2) is 4.98 Å². The van der Waals surface area contributed by atoms with Crippen molar-refractivity contribution >= 4 is 27.5 Å². The van der Waals surface area contributed by atoms with Crippen LogP contribution in [0.5, 0.6) is 11.6 Å². The topological polar surface area (TPSA) is 22.1 Å². The monoisotopic (exact) mass is 351 g/mol. The summed E-state index contributed by atoms with van der Waals surface area (Å²) in [5.41, 5.74) is 1.20. The summed E-state index contributed by atoms with van der Waals surface area (Å²) in [6, 6.07) is 9.59.